The van der Waals surface area contributed by atoms with Crippen LogP contribution in [0.3, 0.4) is 0 Å². The first kappa shape index (κ1) is 14.9. The van der Waals surface area contributed by atoms with E-state index in [1.807, 2.05) is 6.07 Å². The Labute approximate surface area is 128 Å². The third-order valence-corrected chi connectivity index (χ3v) is 3.95. The lowest BCUT2D eigenvalue weighted by molar-refractivity contribution is 0.510. The van der Waals surface area contributed by atoms with E-state index in [1.165, 1.54) is 18.4 Å². The van der Waals surface area contributed by atoms with Gasteiger partial charge in [0.15, 0.2) is 0 Å². The van der Waals surface area contributed by atoms with Gasteiger partial charge in [0.05, 0.1) is 11.0 Å². The zero-order valence-corrected chi connectivity index (χ0v) is 13.8. The average molecular weight is 344 g/mol. The number of nitrogens with zero attached hydrogens (tertiary/aromatic N) is 2. The molecule has 1 aromatic carbocycles. The molecule has 0 radical (unpaired) electrons. The average Bonchev–Trinajstić information content (AvgIpc) is 2.67. The van der Waals surface area contributed by atoms with Gasteiger partial charge in [-0.1, -0.05) is 29.8 Å². The fraction of sp³-hybridized carbons (Fsp3) is 0.533. The molecule has 104 valence electrons. The maximum absolute atomic E-state index is 5.89. The predicted octanol–water partition coefficient (Wildman–Crippen LogP) is 5.02. The Bertz CT molecular complexity index is 548. The molecule has 0 atom stereocenters. The van der Waals surface area contributed by atoms with E-state index in [9.17, 15) is 0 Å². The van der Waals surface area contributed by atoms with Gasteiger partial charge in [0.1, 0.15) is 5.82 Å². The van der Waals surface area contributed by atoms with Gasteiger partial charge in [0.25, 0.3) is 0 Å². The second kappa shape index (κ2) is 6.76. The standard InChI is InChI=1S/C15H20BrClN2/c1-11(2)4-3-9-19-14-10-12(16)5-6-13(14)18-15(19)7-8-17/h5-6,10-11H,3-4,7-9H2,1-2H3. The largest absolute Gasteiger partial charge is 0.328 e. The zero-order chi connectivity index (χ0) is 13.8. The van der Waals surface area contributed by atoms with Crippen LogP contribution in [0.2, 0.25) is 0 Å². The van der Waals surface area contributed by atoms with Crippen molar-refractivity contribution in [1.82, 2.24) is 9.55 Å². The van der Waals surface area contributed by atoms with Gasteiger partial charge in [-0.2, -0.15) is 0 Å². The molecule has 2 aromatic rings. The number of alkyl halides is 1. The summed E-state index contributed by atoms with van der Waals surface area (Å²) in [7, 11) is 0. The Balaban J connectivity index is 2.30. The van der Waals surface area contributed by atoms with Crippen molar-refractivity contribution in [1.29, 1.82) is 0 Å². The molecule has 0 aliphatic carbocycles. The van der Waals surface area contributed by atoms with E-state index in [4.69, 9.17) is 16.6 Å². The van der Waals surface area contributed by atoms with Gasteiger partial charge in [0.2, 0.25) is 0 Å². The van der Waals surface area contributed by atoms with Crippen LogP contribution < -0.4 is 0 Å². The molecule has 4 heteroatoms. The topological polar surface area (TPSA) is 17.8 Å². The molecule has 0 amide bonds. The molecule has 1 aromatic heterocycles. The minimum atomic E-state index is 0.620. The Morgan fingerprint density at radius 2 is 2.16 bits per heavy atom. The van der Waals surface area contributed by atoms with Crippen LogP contribution in [0.1, 0.15) is 32.5 Å². The molecule has 0 saturated carbocycles. The molecular formula is C15H20BrClN2. The lowest BCUT2D eigenvalue weighted by atomic mass is 10.1. The number of rotatable bonds is 6. The van der Waals surface area contributed by atoms with E-state index in [0.717, 1.165) is 34.7 Å². The first-order chi connectivity index (χ1) is 9.11. The maximum Gasteiger partial charge on any atom is 0.111 e. The molecule has 0 aliphatic rings. The number of fused-ring (bicyclic) bond motifs is 1. The fourth-order valence-corrected chi connectivity index (χ4v) is 2.85. The van der Waals surface area contributed by atoms with Gasteiger partial charge in [-0.05, 0) is 37.0 Å². The van der Waals surface area contributed by atoms with Crippen molar-refractivity contribution in [2.45, 2.75) is 39.7 Å². The van der Waals surface area contributed by atoms with Crippen LogP contribution in [0.25, 0.3) is 11.0 Å². The van der Waals surface area contributed by atoms with Crippen LogP contribution in [-0.4, -0.2) is 15.4 Å². The lowest BCUT2D eigenvalue weighted by Crippen LogP contribution is -2.05. The van der Waals surface area contributed by atoms with Crippen molar-refractivity contribution in [2.24, 2.45) is 5.92 Å². The second-order valence-corrected chi connectivity index (χ2v) is 6.58. The summed E-state index contributed by atoms with van der Waals surface area (Å²) in [4.78, 5) is 4.70. The van der Waals surface area contributed by atoms with Gasteiger partial charge >= 0.3 is 0 Å². The molecule has 1 heterocycles. The van der Waals surface area contributed by atoms with Gasteiger partial charge < -0.3 is 4.57 Å². The van der Waals surface area contributed by atoms with E-state index in [-0.39, 0.29) is 0 Å². The highest BCUT2D eigenvalue weighted by atomic mass is 79.9. The number of hydrogen-bond acceptors (Lipinski definition) is 1. The molecule has 0 bridgehead atoms. The summed E-state index contributed by atoms with van der Waals surface area (Å²) < 4.78 is 3.42. The molecule has 0 unspecified atom stereocenters. The highest BCUT2D eigenvalue weighted by Gasteiger charge is 2.10. The number of aryl methyl sites for hydroxylation is 2. The van der Waals surface area contributed by atoms with Crippen molar-refractivity contribution in [2.75, 3.05) is 5.88 Å². The summed E-state index contributed by atoms with van der Waals surface area (Å²) in [6, 6.07) is 6.25. The first-order valence-corrected chi connectivity index (χ1v) is 8.15. The van der Waals surface area contributed by atoms with Crippen molar-refractivity contribution in [3.05, 3.63) is 28.5 Å². The summed E-state index contributed by atoms with van der Waals surface area (Å²) in [5.74, 6) is 2.47. The van der Waals surface area contributed by atoms with Crippen LogP contribution in [0.5, 0.6) is 0 Å². The molecule has 2 nitrogen and oxygen atoms in total. The van der Waals surface area contributed by atoms with Crippen LogP contribution in [0, 0.1) is 5.92 Å². The summed E-state index contributed by atoms with van der Waals surface area (Å²) in [5.41, 5.74) is 2.27. The van der Waals surface area contributed by atoms with E-state index in [1.54, 1.807) is 0 Å². The van der Waals surface area contributed by atoms with Crippen molar-refractivity contribution < 1.29 is 0 Å². The van der Waals surface area contributed by atoms with E-state index in [2.05, 4.69) is 46.5 Å². The SMILES string of the molecule is CC(C)CCCn1c(CCCl)nc2ccc(Br)cc21. The minimum Gasteiger partial charge on any atom is -0.328 e. The van der Waals surface area contributed by atoms with Crippen LogP contribution in [0.15, 0.2) is 22.7 Å². The third-order valence-electron chi connectivity index (χ3n) is 3.27. The van der Waals surface area contributed by atoms with E-state index in [0.29, 0.717) is 5.88 Å². The van der Waals surface area contributed by atoms with Crippen LogP contribution in [0.4, 0.5) is 0 Å². The van der Waals surface area contributed by atoms with E-state index >= 15 is 0 Å². The fourth-order valence-electron chi connectivity index (χ4n) is 2.33. The molecule has 2 rings (SSSR count). The Hall–Kier alpha value is -0.540. The summed E-state index contributed by atoms with van der Waals surface area (Å²) in [5, 5.41) is 0. The van der Waals surface area contributed by atoms with Gasteiger partial charge in [-0.25, -0.2) is 4.98 Å². The van der Waals surface area contributed by atoms with Crippen molar-refractivity contribution in [3.63, 3.8) is 0 Å². The first-order valence-electron chi connectivity index (χ1n) is 6.82. The monoisotopic (exact) mass is 342 g/mol. The molecule has 0 spiro atoms. The number of benzene rings is 1. The van der Waals surface area contributed by atoms with Gasteiger partial charge in [0, 0.05) is 23.3 Å². The lowest BCUT2D eigenvalue weighted by Gasteiger charge is -2.10. The number of imidazole rings is 1. The maximum atomic E-state index is 5.89. The Morgan fingerprint density at radius 3 is 2.84 bits per heavy atom. The third kappa shape index (κ3) is 3.73. The molecule has 0 saturated heterocycles. The zero-order valence-electron chi connectivity index (χ0n) is 11.5. The molecule has 0 N–H and O–H groups in total. The highest BCUT2D eigenvalue weighted by molar-refractivity contribution is 9.10. The quantitative estimate of drug-likeness (QED) is 0.674. The second-order valence-electron chi connectivity index (χ2n) is 5.29. The predicted molar refractivity (Wildman–Crippen MR) is 85.9 cm³/mol. The summed E-state index contributed by atoms with van der Waals surface area (Å²) in [6.45, 7) is 5.56. The minimum absolute atomic E-state index is 0.620. The van der Waals surface area contributed by atoms with Crippen molar-refractivity contribution >= 4 is 38.6 Å². The Morgan fingerprint density at radius 1 is 1.37 bits per heavy atom. The molecule has 0 aliphatic heterocycles. The van der Waals surface area contributed by atoms with Crippen molar-refractivity contribution in [3.8, 4) is 0 Å². The molecule has 0 fully saturated rings. The van der Waals surface area contributed by atoms with Crippen LogP contribution >= 0.6 is 27.5 Å². The smallest absolute Gasteiger partial charge is 0.111 e. The normalized spacial score (nSPS) is 11.6. The number of aromatic nitrogens is 2. The van der Waals surface area contributed by atoms with E-state index < -0.39 is 0 Å². The number of hydrogen-bond donors (Lipinski definition) is 0. The van der Waals surface area contributed by atoms with Crippen LogP contribution in [-0.2, 0) is 13.0 Å². The van der Waals surface area contributed by atoms with Gasteiger partial charge in [-0.15, -0.1) is 11.6 Å². The highest BCUT2D eigenvalue weighted by Crippen LogP contribution is 2.22. The number of halogens is 2. The van der Waals surface area contributed by atoms with Gasteiger partial charge in [-0.3, -0.25) is 0 Å². The molecular weight excluding hydrogens is 324 g/mol. The Kier molecular flexibility index (Phi) is 5.28. The molecule has 19 heavy (non-hydrogen) atoms. The summed E-state index contributed by atoms with van der Waals surface area (Å²) in [6.07, 6.45) is 3.26. The summed E-state index contributed by atoms with van der Waals surface area (Å²) >= 11 is 9.43.